The number of hydrogen-bond acceptors (Lipinski definition) is 0. The predicted octanol–water partition coefficient (Wildman–Crippen LogP) is 8.69. The number of aromatic nitrogens is 2. The lowest BCUT2D eigenvalue weighted by Gasteiger charge is -2.58. The molecule has 4 heterocycles. The van der Waals surface area contributed by atoms with E-state index < -0.39 is 0 Å². The highest BCUT2D eigenvalue weighted by Crippen LogP contribution is 2.62. The number of nitrogens with zero attached hydrogens (tertiary/aromatic N) is 3. The van der Waals surface area contributed by atoms with E-state index in [9.17, 15) is 0 Å². The van der Waals surface area contributed by atoms with E-state index in [-0.39, 0.29) is 17.1 Å². The van der Waals surface area contributed by atoms with Crippen LogP contribution in [0.5, 0.6) is 0 Å². The molecule has 6 rings (SSSR count). The van der Waals surface area contributed by atoms with E-state index in [1.807, 2.05) is 0 Å². The van der Waals surface area contributed by atoms with Crippen molar-refractivity contribution >= 4 is 11.4 Å². The first kappa shape index (κ1) is 26.8. The lowest BCUT2D eigenvalue weighted by atomic mass is 9.77. The number of benzene rings is 2. The average Bonchev–Trinajstić information content (AvgIpc) is 3.01. The third-order valence-electron chi connectivity index (χ3n) is 10.2. The van der Waals surface area contributed by atoms with Gasteiger partial charge in [-0.05, 0) is 43.2 Å². The minimum Gasteiger partial charge on any atom is -0.207 e. The van der Waals surface area contributed by atoms with Crippen LogP contribution in [0.3, 0.4) is 0 Å². The molecule has 0 bridgehead atoms. The van der Waals surface area contributed by atoms with Crippen LogP contribution in [0.25, 0.3) is 22.5 Å². The van der Waals surface area contributed by atoms with Crippen molar-refractivity contribution in [3.8, 4) is 22.5 Å². The molecule has 2 aliphatic heterocycles. The number of fused-ring (bicyclic) bond motifs is 8. The van der Waals surface area contributed by atoms with Gasteiger partial charge in [-0.3, -0.25) is 0 Å². The molecule has 40 heavy (non-hydrogen) atoms. The summed E-state index contributed by atoms with van der Waals surface area (Å²) in [5.41, 5.74) is 7.87. The Kier molecular flexibility index (Phi) is 6.65. The molecule has 2 aromatic heterocycles. The smallest absolute Gasteiger partial charge is 0.207 e. The summed E-state index contributed by atoms with van der Waals surface area (Å²) < 4.78 is 20.9. The Labute approximate surface area is 239 Å². The van der Waals surface area contributed by atoms with Crippen molar-refractivity contribution in [1.82, 2.24) is 4.48 Å². The van der Waals surface area contributed by atoms with Gasteiger partial charge in [0.25, 0.3) is 0 Å². The third kappa shape index (κ3) is 3.20. The minimum absolute atomic E-state index is 0.188. The van der Waals surface area contributed by atoms with Crippen LogP contribution < -0.4 is 13.6 Å². The van der Waals surface area contributed by atoms with Crippen molar-refractivity contribution in [1.29, 1.82) is 0 Å². The van der Waals surface area contributed by atoms with Crippen LogP contribution in [-0.2, 0) is 17.7 Å². The molecular formula is C36H43FN3+3. The van der Waals surface area contributed by atoms with Crippen LogP contribution in [0.4, 0.5) is 15.8 Å². The predicted molar refractivity (Wildman–Crippen MR) is 161 cm³/mol. The summed E-state index contributed by atoms with van der Waals surface area (Å²) >= 11 is 0. The number of unbranched alkanes of at least 4 members (excludes halogenated alkanes) is 1. The highest BCUT2D eigenvalue weighted by Gasteiger charge is 2.77. The summed E-state index contributed by atoms with van der Waals surface area (Å²) in [7, 11) is 0. The maximum absolute atomic E-state index is 15.1. The highest BCUT2D eigenvalue weighted by atomic mass is 19.1. The van der Waals surface area contributed by atoms with Crippen LogP contribution in [0, 0.1) is 5.82 Å². The Balaban J connectivity index is 1.86. The summed E-state index contributed by atoms with van der Waals surface area (Å²) in [5, 5.41) is 0. The van der Waals surface area contributed by atoms with Gasteiger partial charge in [0, 0.05) is 35.9 Å². The van der Waals surface area contributed by atoms with Crippen molar-refractivity contribution < 1.29 is 13.5 Å². The lowest BCUT2D eigenvalue weighted by Crippen LogP contribution is -2.88. The molecule has 2 aromatic carbocycles. The van der Waals surface area contributed by atoms with Gasteiger partial charge in [0.05, 0.1) is 25.7 Å². The zero-order valence-corrected chi connectivity index (χ0v) is 24.8. The standard InChI is InChI=1S/C36H43FN3/c1-6-11-16-27-20-22-32-29-17-12-13-19-33(29)40(36(9-4,10-5)39(32)26-27)34-23-21-28(37)25-30(34)31-18-14-15-24-38(31)35(40,7-2)8-3/h12-15,17-26H,6-11,16H2,1-5H3/q+3. The molecule has 206 valence electrons. The maximum atomic E-state index is 15.1. The first-order valence-electron chi connectivity index (χ1n) is 15.4. The first-order chi connectivity index (χ1) is 19.5. The van der Waals surface area contributed by atoms with E-state index in [2.05, 4.69) is 117 Å². The van der Waals surface area contributed by atoms with E-state index in [4.69, 9.17) is 0 Å². The number of pyridine rings is 2. The average molecular weight is 537 g/mol. The van der Waals surface area contributed by atoms with Crippen LogP contribution in [0.15, 0.2) is 85.2 Å². The fourth-order valence-electron chi connectivity index (χ4n) is 8.52. The number of para-hydroxylation sites is 1. The molecular weight excluding hydrogens is 493 g/mol. The van der Waals surface area contributed by atoms with Crippen molar-refractivity contribution in [2.75, 3.05) is 0 Å². The van der Waals surface area contributed by atoms with Crippen LogP contribution in [-0.4, -0.2) is 0 Å². The monoisotopic (exact) mass is 536 g/mol. The Morgan fingerprint density at radius 2 is 1.32 bits per heavy atom. The number of hydrogen-bond donors (Lipinski definition) is 0. The number of aryl methyl sites for hydroxylation is 1. The quantitative estimate of drug-likeness (QED) is 0.165. The maximum Gasteiger partial charge on any atom is 0.308 e. The summed E-state index contributed by atoms with van der Waals surface area (Å²) in [5.74, 6) is -0.188. The van der Waals surface area contributed by atoms with E-state index in [1.165, 1.54) is 41.0 Å². The fraction of sp³-hybridized carbons (Fsp3) is 0.389. The molecule has 0 radical (unpaired) electrons. The second-order valence-corrected chi connectivity index (χ2v) is 11.6. The van der Waals surface area contributed by atoms with Gasteiger partial charge in [0.2, 0.25) is 11.4 Å². The molecule has 1 spiro atoms. The molecule has 0 fully saturated rings. The van der Waals surface area contributed by atoms with E-state index in [0.717, 1.165) is 43.4 Å². The van der Waals surface area contributed by atoms with Crippen molar-refractivity contribution in [3.63, 3.8) is 0 Å². The molecule has 1 unspecified atom stereocenters. The SMILES string of the molecule is CCCCc1ccc2[n+](c1)C(CC)(CC)[N+]1(c3ccccc3-2)c2ccc(F)cc2-c2cccc[n+]2C1(CC)CC. The molecule has 0 N–H and O–H groups in total. The van der Waals surface area contributed by atoms with E-state index in [1.54, 1.807) is 12.1 Å². The molecule has 2 aliphatic rings. The first-order valence-corrected chi connectivity index (χ1v) is 15.4. The van der Waals surface area contributed by atoms with Crippen molar-refractivity contribution in [3.05, 3.63) is 96.6 Å². The van der Waals surface area contributed by atoms with Crippen molar-refractivity contribution in [2.45, 2.75) is 90.9 Å². The molecule has 4 heteroatoms. The summed E-state index contributed by atoms with van der Waals surface area (Å²) in [6.45, 7) is 11.7. The number of quaternary nitrogens is 1. The zero-order valence-electron chi connectivity index (χ0n) is 24.8. The molecule has 0 saturated carbocycles. The van der Waals surface area contributed by atoms with Gasteiger partial charge >= 0.3 is 11.3 Å². The van der Waals surface area contributed by atoms with Crippen LogP contribution >= 0.6 is 0 Å². The topological polar surface area (TPSA) is 7.76 Å². The normalized spacial score (nSPS) is 19.4. The van der Waals surface area contributed by atoms with Crippen LogP contribution in [0.1, 0.15) is 78.7 Å². The van der Waals surface area contributed by atoms with E-state index >= 15 is 4.39 Å². The molecule has 0 aliphatic carbocycles. The number of rotatable bonds is 7. The Morgan fingerprint density at radius 3 is 2.05 bits per heavy atom. The lowest BCUT2D eigenvalue weighted by molar-refractivity contribution is -0.834. The van der Waals surface area contributed by atoms with E-state index in [0.29, 0.717) is 4.48 Å². The third-order valence-corrected chi connectivity index (χ3v) is 10.2. The largest absolute Gasteiger partial charge is 0.308 e. The summed E-state index contributed by atoms with van der Waals surface area (Å²) in [4.78, 5) is 0. The molecule has 1 atom stereocenters. The second-order valence-electron chi connectivity index (χ2n) is 11.6. The fourth-order valence-corrected chi connectivity index (χ4v) is 8.52. The van der Waals surface area contributed by atoms with Gasteiger partial charge in [-0.1, -0.05) is 53.2 Å². The van der Waals surface area contributed by atoms with Gasteiger partial charge in [0.15, 0.2) is 23.8 Å². The molecule has 3 nitrogen and oxygen atoms in total. The van der Waals surface area contributed by atoms with Gasteiger partial charge < -0.3 is 0 Å². The molecule has 0 amide bonds. The number of halogens is 1. The Bertz CT molecular complexity index is 1570. The summed E-state index contributed by atoms with van der Waals surface area (Å²) in [6.07, 6.45) is 11.9. The Morgan fingerprint density at radius 1 is 0.675 bits per heavy atom. The molecule has 4 aromatic rings. The summed E-state index contributed by atoms with van der Waals surface area (Å²) in [6, 6.07) is 25.7. The van der Waals surface area contributed by atoms with Gasteiger partial charge in [0.1, 0.15) is 16.9 Å². The highest BCUT2D eigenvalue weighted by molar-refractivity contribution is 5.85. The second kappa shape index (κ2) is 9.92. The van der Waals surface area contributed by atoms with Gasteiger partial charge in [-0.15, -0.1) is 13.6 Å². The minimum atomic E-state index is -0.328. The molecule has 0 saturated heterocycles. The van der Waals surface area contributed by atoms with Crippen LogP contribution in [0.2, 0.25) is 0 Å². The van der Waals surface area contributed by atoms with Crippen molar-refractivity contribution in [2.24, 2.45) is 0 Å². The van der Waals surface area contributed by atoms with Gasteiger partial charge in [-0.25, -0.2) is 4.39 Å². The Hall–Kier alpha value is -3.37. The van der Waals surface area contributed by atoms with Gasteiger partial charge in [-0.2, -0.15) is 0 Å². The zero-order chi connectivity index (χ0) is 28.1.